The maximum absolute atomic E-state index is 12.6. The Morgan fingerprint density at radius 1 is 0.857 bits per heavy atom. The van der Waals surface area contributed by atoms with E-state index >= 15 is 0 Å². The van der Waals surface area contributed by atoms with Gasteiger partial charge < -0.3 is 5.11 Å². The fourth-order valence-electron chi connectivity index (χ4n) is 2.75. The lowest BCUT2D eigenvalue weighted by atomic mass is 10.1. The van der Waals surface area contributed by atoms with Crippen molar-refractivity contribution in [3.05, 3.63) is 48.0 Å². The van der Waals surface area contributed by atoms with Gasteiger partial charge in [0.15, 0.2) is 9.84 Å². The molecule has 0 amide bonds. The lowest BCUT2D eigenvalue weighted by Crippen LogP contribution is -2.14. The Bertz CT molecular complexity index is 997. The second kappa shape index (κ2) is 9.43. The van der Waals surface area contributed by atoms with Gasteiger partial charge >= 0.3 is 0 Å². The van der Waals surface area contributed by atoms with Crippen molar-refractivity contribution in [2.75, 3.05) is 10.5 Å². The molecule has 0 aromatic heterocycles. The summed E-state index contributed by atoms with van der Waals surface area (Å²) in [5.41, 5.74) is 0.895. The molecule has 6 nitrogen and oxygen atoms in total. The molecule has 2 N–H and O–H groups in total. The number of benzene rings is 2. The van der Waals surface area contributed by atoms with Crippen molar-refractivity contribution in [2.24, 2.45) is 0 Å². The summed E-state index contributed by atoms with van der Waals surface area (Å²) < 4.78 is 51.5. The Hall–Kier alpha value is -2.06. The van der Waals surface area contributed by atoms with Crippen molar-refractivity contribution in [2.45, 2.75) is 55.7 Å². The number of nitrogens with one attached hydrogen (secondary N) is 1. The second-order valence-electron chi connectivity index (χ2n) is 6.64. The highest BCUT2D eigenvalue weighted by atomic mass is 32.2. The van der Waals surface area contributed by atoms with E-state index in [0.29, 0.717) is 0 Å². The zero-order valence-corrected chi connectivity index (χ0v) is 17.8. The first-order valence-electron chi connectivity index (χ1n) is 9.37. The van der Waals surface area contributed by atoms with Crippen LogP contribution in [-0.2, 0) is 26.3 Å². The summed E-state index contributed by atoms with van der Waals surface area (Å²) in [4.78, 5) is 0.000821. The van der Waals surface area contributed by atoms with Crippen molar-refractivity contribution >= 4 is 25.5 Å². The van der Waals surface area contributed by atoms with Gasteiger partial charge in [-0.15, -0.1) is 0 Å². The van der Waals surface area contributed by atoms with Gasteiger partial charge in [0.1, 0.15) is 5.75 Å². The minimum absolute atomic E-state index is 0.0482. The predicted octanol–water partition coefficient (Wildman–Crippen LogP) is 4.11. The molecule has 2 rings (SSSR count). The first kappa shape index (κ1) is 22.2. The SMILES string of the molecule is CCCCCCc1ccc(S(=O)(=O)Nc2cc(S(=O)(=O)CC)ccc2O)cc1. The van der Waals surface area contributed by atoms with Gasteiger partial charge in [-0.2, -0.15) is 0 Å². The summed E-state index contributed by atoms with van der Waals surface area (Å²) in [6.45, 7) is 3.65. The molecule has 0 unspecified atom stereocenters. The quantitative estimate of drug-likeness (QED) is 0.441. The molecule has 0 atom stereocenters. The van der Waals surface area contributed by atoms with Crippen LogP contribution in [0.5, 0.6) is 5.75 Å². The topological polar surface area (TPSA) is 101 Å². The van der Waals surface area contributed by atoms with Gasteiger partial charge in [-0.3, -0.25) is 4.72 Å². The predicted molar refractivity (Wildman–Crippen MR) is 111 cm³/mol. The van der Waals surface area contributed by atoms with Crippen LogP contribution in [0.15, 0.2) is 52.3 Å². The van der Waals surface area contributed by atoms with E-state index in [2.05, 4.69) is 11.6 Å². The third kappa shape index (κ3) is 5.72. The van der Waals surface area contributed by atoms with E-state index in [-0.39, 0.29) is 27.0 Å². The van der Waals surface area contributed by atoms with Gasteiger partial charge in [-0.25, -0.2) is 16.8 Å². The van der Waals surface area contributed by atoms with E-state index in [0.717, 1.165) is 37.3 Å². The number of sulfone groups is 1. The van der Waals surface area contributed by atoms with Crippen LogP contribution in [0.4, 0.5) is 5.69 Å². The Balaban J connectivity index is 2.18. The summed E-state index contributed by atoms with van der Waals surface area (Å²) >= 11 is 0. The third-order valence-electron chi connectivity index (χ3n) is 4.50. The smallest absolute Gasteiger partial charge is 0.262 e. The van der Waals surface area contributed by atoms with Gasteiger partial charge in [0.25, 0.3) is 10.0 Å². The molecule has 8 heteroatoms. The second-order valence-corrected chi connectivity index (χ2v) is 10.6. The average molecular weight is 426 g/mol. The monoisotopic (exact) mass is 425 g/mol. The maximum atomic E-state index is 12.6. The van der Waals surface area contributed by atoms with Crippen LogP contribution in [0.3, 0.4) is 0 Å². The molecule has 0 saturated heterocycles. The minimum atomic E-state index is -3.96. The van der Waals surface area contributed by atoms with Crippen LogP contribution in [-0.4, -0.2) is 27.7 Å². The van der Waals surface area contributed by atoms with E-state index in [9.17, 15) is 21.9 Å². The molecule has 2 aromatic carbocycles. The molecular weight excluding hydrogens is 398 g/mol. The lowest BCUT2D eigenvalue weighted by Gasteiger charge is -2.12. The van der Waals surface area contributed by atoms with Crippen molar-refractivity contribution in [1.82, 2.24) is 0 Å². The highest BCUT2D eigenvalue weighted by Crippen LogP contribution is 2.29. The molecule has 0 radical (unpaired) electrons. The number of hydrogen-bond donors (Lipinski definition) is 2. The summed E-state index contributed by atoms with van der Waals surface area (Å²) in [5.74, 6) is -0.463. The Labute approximate surface area is 167 Å². The highest BCUT2D eigenvalue weighted by Gasteiger charge is 2.19. The normalized spacial score (nSPS) is 12.1. The molecule has 0 bridgehead atoms. The standard InChI is InChI=1S/C20H27NO5S2/c1-3-5-6-7-8-16-9-11-17(12-10-16)28(25,26)21-19-15-18(13-14-20(19)22)27(23,24)4-2/h9-15,21-22H,3-8H2,1-2H3. The van der Waals surface area contributed by atoms with Crippen molar-refractivity contribution < 1.29 is 21.9 Å². The van der Waals surface area contributed by atoms with E-state index in [1.54, 1.807) is 12.1 Å². The number of phenolic OH excluding ortho intramolecular Hbond substituents is 1. The Morgan fingerprint density at radius 2 is 1.50 bits per heavy atom. The molecule has 0 aliphatic rings. The number of unbranched alkanes of at least 4 members (excludes halogenated alkanes) is 3. The number of hydrogen-bond acceptors (Lipinski definition) is 5. The lowest BCUT2D eigenvalue weighted by molar-refractivity contribution is 0.477. The molecule has 28 heavy (non-hydrogen) atoms. The number of sulfonamides is 1. The Kier molecular flexibility index (Phi) is 7.48. The van der Waals surface area contributed by atoms with Crippen molar-refractivity contribution in [3.8, 4) is 5.75 Å². The number of phenols is 1. The van der Waals surface area contributed by atoms with E-state index in [4.69, 9.17) is 0 Å². The molecule has 154 valence electrons. The number of aryl methyl sites for hydroxylation is 1. The fraction of sp³-hybridized carbons (Fsp3) is 0.400. The summed E-state index contributed by atoms with van der Waals surface area (Å²) in [6, 6.07) is 10.1. The largest absolute Gasteiger partial charge is 0.506 e. The van der Waals surface area contributed by atoms with Crippen LogP contribution in [0.2, 0.25) is 0 Å². The number of anilines is 1. The summed E-state index contributed by atoms with van der Waals surface area (Å²) in [7, 11) is -7.48. The fourth-order valence-corrected chi connectivity index (χ4v) is 4.72. The van der Waals surface area contributed by atoms with Gasteiger partial charge in [0.2, 0.25) is 0 Å². The zero-order chi connectivity index (χ0) is 20.8. The summed E-state index contributed by atoms with van der Waals surface area (Å²) in [6.07, 6.45) is 5.45. The first-order chi connectivity index (χ1) is 13.2. The maximum Gasteiger partial charge on any atom is 0.262 e. The van der Waals surface area contributed by atoms with Crippen LogP contribution in [0.1, 0.15) is 45.1 Å². The van der Waals surface area contributed by atoms with E-state index in [1.165, 1.54) is 37.6 Å². The molecule has 2 aromatic rings. The minimum Gasteiger partial charge on any atom is -0.506 e. The first-order valence-corrected chi connectivity index (χ1v) is 12.5. The van der Waals surface area contributed by atoms with Crippen LogP contribution in [0, 0.1) is 0 Å². The van der Waals surface area contributed by atoms with Gasteiger partial charge in [0.05, 0.1) is 21.2 Å². The Morgan fingerprint density at radius 3 is 2.11 bits per heavy atom. The molecule has 0 spiro atoms. The molecular formula is C20H27NO5S2. The van der Waals surface area contributed by atoms with Crippen LogP contribution < -0.4 is 4.72 Å². The van der Waals surface area contributed by atoms with Crippen LogP contribution in [0.25, 0.3) is 0 Å². The van der Waals surface area contributed by atoms with Gasteiger partial charge in [-0.1, -0.05) is 45.2 Å². The molecule has 0 heterocycles. The van der Waals surface area contributed by atoms with Gasteiger partial charge in [-0.05, 0) is 48.7 Å². The highest BCUT2D eigenvalue weighted by molar-refractivity contribution is 7.92. The molecule has 0 aliphatic heterocycles. The zero-order valence-electron chi connectivity index (χ0n) is 16.2. The molecule has 0 saturated carbocycles. The number of aromatic hydroxyl groups is 1. The van der Waals surface area contributed by atoms with Crippen molar-refractivity contribution in [3.63, 3.8) is 0 Å². The van der Waals surface area contributed by atoms with Crippen molar-refractivity contribution in [1.29, 1.82) is 0 Å². The van der Waals surface area contributed by atoms with E-state index in [1.807, 2.05) is 0 Å². The average Bonchev–Trinajstić information content (AvgIpc) is 2.67. The van der Waals surface area contributed by atoms with E-state index < -0.39 is 19.9 Å². The summed E-state index contributed by atoms with van der Waals surface area (Å²) in [5, 5.41) is 9.95. The van der Waals surface area contributed by atoms with Crippen LogP contribution >= 0.6 is 0 Å². The molecule has 0 aliphatic carbocycles. The number of rotatable bonds is 10. The third-order valence-corrected chi connectivity index (χ3v) is 7.62. The van der Waals surface area contributed by atoms with Gasteiger partial charge in [0, 0.05) is 0 Å². The molecule has 0 fully saturated rings.